The fraction of sp³-hybridized carbons (Fsp3) is 0.278. The maximum atomic E-state index is 11.2. The number of aromatic carboxylic acids is 1. The highest BCUT2D eigenvalue weighted by Gasteiger charge is 2.38. The molecule has 0 radical (unpaired) electrons. The van der Waals surface area contributed by atoms with Crippen LogP contribution in [0.5, 0.6) is 5.75 Å². The number of carboxylic acid groups (broad SMARTS) is 2. The van der Waals surface area contributed by atoms with Crippen LogP contribution in [0.15, 0.2) is 36.9 Å². The maximum Gasteiger partial charge on any atom is 0.490 e. The Morgan fingerprint density at radius 3 is 2.35 bits per heavy atom. The van der Waals surface area contributed by atoms with Gasteiger partial charge in [-0.05, 0) is 12.1 Å². The number of hydrogen-bond donors (Lipinski definition) is 2. The van der Waals surface area contributed by atoms with E-state index in [1.165, 1.54) is 12.4 Å². The lowest BCUT2D eigenvalue weighted by atomic mass is 10.2. The molecule has 3 aromatic rings. The minimum absolute atomic E-state index is 0.144. The van der Waals surface area contributed by atoms with Crippen molar-refractivity contribution in [2.24, 2.45) is 0 Å². The third-order valence-electron chi connectivity index (χ3n) is 3.76. The SMILES string of the molecule is CN(C)c1ncnc2c1ncn2CCOc1ccccc1C(=O)O.O=C(O)C(F)(F)F. The highest BCUT2D eigenvalue weighted by molar-refractivity contribution is 5.90. The molecule has 0 aliphatic heterocycles. The van der Waals surface area contributed by atoms with Crippen LogP contribution in [0.1, 0.15) is 10.4 Å². The smallest absolute Gasteiger partial charge is 0.490 e. The van der Waals surface area contributed by atoms with Crippen molar-refractivity contribution in [2.45, 2.75) is 12.7 Å². The number of anilines is 1. The Bertz CT molecular complexity index is 1070. The van der Waals surface area contributed by atoms with E-state index in [1.54, 1.807) is 24.5 Å². The first kappa shape index (κ1) is 23.4. The number of aliphatic carboxylic acids is 1. The number of fused-ring (bicyclic) bond motifs is 1. The molecule has 166 valence electrons. The van der Waals surface area contributed by atoms with Crippen molar-refractivity contribution in [1.82, 2.24) is 19.5 Å². The number of alkyl halides is 3. The van der Waals surface area contributed by atoms with Crippen LogP contribution >= 0.6 is 0 Å². The number of rotatable bonds is 6. The standard InChI is InChI=1S/C16H17N5O3.C2HF3O2/c1-20(2)14-13-15(18-9-17-14)21(10-19-13)7-8-24-12-6-4-3-5-11(12)16(22)23;3-2(4,5)1(6)7/h3-6,9-10H,7-8H2,1-2H3,(H,22,23);(H,6,7). The van der Waals surface area contributed by atoms with Gasteiger partial charge >= 0.3 is 18.1 Å². The normalized spacial score (nSPS) is 10.9. The molecule has 10 nitrogen and oxygen atoms in total. The summed E-state index contributed by atoms with van der Waals surface area (Å²) in [6.45, 7) is 0.797. The minimum Gasteiger partial charge on any atom is -0.491 e. The van der Waals surface area contributed by atoms with Crippen molar-refractivity contribution in [1.29, 1.82) is 0 Å². The first-order valence-electron chi connectivity index (χ1n) is 8.60. The molecular formula is C18H18F3N5O5. The highest BCUT2D eigenvalue weighted by atomic mass is 19.4. The Balaban J connectivity index is 0.000000423. The number of imidazole rings is 1. The van der Waals surface area contributed by atoms with E-state index in [4.69, 9.17) is 19.7 Å². The lowest BCUT2D eigenvalue weighted by Crippen LogP contribution is -2.21. The van der Waals surface area contributed by atoms with Crippen LogP contribution in [-0.4, -0.2) is 68.5 Å². The zero-order valence-corrected chi connectivity index (χ0v) is 16.4. The van der Waals surface area contributed by atoms with Gasteiger partial charge in [-0.2, -0.15) is 13.2 Å². The zero-order chi connectivity index (χ0) is 23.2. The Labute approximate surface area is 173 Å². The quantitative estimate of drug-likeness (QED) is 0.592. The molecule has 2 N–H and O–H groups in total. The molecule has 0 aliphatic rings. The second-order valence-electron chi connectivity index (χ2n) is 6.15. The van der Waals surface area contributed by atoms with E-state index in [0.717, 1.165) is 5.82 Å². The van der Waals surface area contributed by atoms with Crippen molar-refractivity contribution in [3.8, 4) is 5.75 Å². The number of hydrogen-bond acceptors (Lipinski definition) is 7. The Morgan fingerprint density at radius 2 is 1.77 bits per heavy atom. The summed E-state index contributed by atoms with van der Waals surface area (Å²) < 4.78 is 39.2. The molecule has 0 bridgehead atoms. The third-order valence-corrected chi connectivity index (χ3v) is 3.76. The average molecular weight is 441 g/mol. The van der Waals surface area contributed by atoms with Gasteiger partial charge in [0.2, 0.25) is 0 Å². The number of benzene rings is 1. The van der Waals surface area contributed by atoms with Crippen LogP contribution in [-0.2, 0) is 11.3 Å². The van der Waals surface area contributed by atoms with Gasteiger partial charge in [0.25, 0.3) is 0 Å². The largest absolute Gasteiger partial charge is 0.491 e. The van der Waals surface area contributed by atoms with Gasteiger partial charge < -0.3 is 24.4 Å². The molecule has 0 saturated carbocycles. The van der Waals surface area contributed by atoms with Crippen LogP contribution in [0.3, 0.4) is 0 Å². The molecule has 0 saturated heterocycles. The number of ether oxygens (including phenoxy) is 1. The molecule has 2 heterocycles. The van der Waals surface area contributed by atoms with Crippen LogP contribution in [0.4, 0.5) is 19.0 Å². The van der Waals surface area contributed by atoms with Crippen molar-refractivity contribution in [2.75, 3.05) is 25.6 Å². The summed E-state index contributed by atoms with van der Waals surface area (Å²) in [6, 6.07) is 6.56. The van der Waals surface area contributed by atoms with E-state index in [-0.39, 0.29) is 5.56 Å². The number of nitrogens with zero attached hydrogens (tertiary/aromatic N) is 5. The minimum atomic E-state index is -5.08. The highest BCUT2D eigenvalue weighted by Crippen LogP contribution is 2.20. The fourth-order valence-corrected chi connectivity index (χ4v) is 2.38. The van der Waals surface area contributed by atoms with Crippen molar-refractivity contribution in [3.63, 3.8) is 0 Å². The first-order chi connectivity index (χ1) is 14.5. The molecule has 0 atom stereocenters. The predicted molar refractivity (Wildman–Crippen MR) is 102 cm³/mol. The third kappa shape index (κ3) is 6.04. The van der Waals surface area contributed by atoms with Gasteiger partial charge in [-0.25, -0.2) is 24.5 Å². The molecule has 1 aromatic carbocycles. The first-order valence-corrected chi connectivity index (χ1v) is 8.60. The van der Waals surface area contributed by atoms with Gasteiger partial charge in [0, 0.05) is 14.1 Å². The topological polar surface area (TPSA) is 131 Å². The Hall–Kier alpha value is -3.90. The summed E-state index contributed by atoms with van der Waals surface area (Å²) >= 11 is 0. The van der Waals surface area contributed by atoms with E-state index < -0.39 is 18.1 Å². The van der Waals surface area contributed by atoms with E-state index in [0.29, 0.717) is 30.1 Å². The lowest BCUT2D eigenvalue weighted by Gasteiger charge is -2.11. The molecule has 0 spiro atoms. The Morgan fingerprint density at radius 1 is 1.13 bits per heavy atom. The predicted octanol–water partition coefficient (Wildman–Crippen LogP) is 2.30. The van der Waals surface area contributed by atoms with Crippen LogP contribution in [0.25, 0.3) is 11.2 Å². The molecule has 31 heavy (non-hydrogen) atoms. The van der Waals surface area contributed by atoms with Gasteiger partial charge in [0.15, 0.2) is 17.0 Å². The molecular weight excluding hydrogens is 423 g/mol. The number of carbonyl (C=O) groups is 2. The molecule has 0 amide bonds. The van der Waals surface area contributed by atoms with Crippen molar-refractivity contribution in [3.05, 3.63) is 42.5 Å². The van der Waals surface area contributed by atoms with Crippen LogP contribution in [0, 0.1) is 0 Å². The maximum absolute atomic E-state index is 11.2. The molecule has 2 aromatic heterocycles. The average Bonchev–Trinajstić information content (AvgIpc) is 3.11. The lowest BCUT2D eigenvalue weighted by molar-refractivity contribution is -0.192. The van der Waals surface area contributed by atoms with Gasteiger partial charge in [0.05, 0.1) is 12.9 Å². The summed E-state index contributed by atoms with van der Waals surface area (Å²) in [7, 11) is 3.79. The van der Waals surface area contributed by atoms with E-state index in [1.807, 2.05) is 23.6 Å². The van der Waals surface area contributed by atoms with Gasteiger partial charge in [-0.1, -0.05) is 12.1 Å². The van der Waals surface area contributed by atoms with Crippen LogP contribution in [0.2, 0.25) is 0 Å². The molecule has 0 aliphatic carbocycles. The number of carboxylic acids is 2. The van der Waals surface area contributed by atoms with Gasteiger partial charge in [-0.15, -0.1) is 0 Å². The van der Waals surface area contributed by atoms with E-state index in [9.17, 15) is 18.0 Å². The van der Waals surface area contributed by atoms with Crippen molar-refractivity contribution >= 4 is 28.9 Å². The summed E-state index contributed by atoms with van der Waals surface area (Å²) in [4.78, 5) is 34.8. The fourth-order valence-electron chi connectivity index (χ4n) is 2.38. The van der Waals surface area contributed by atoms with E-state index in [2.05, 4.69) is 15.0 Å². The number of aromatic nitrogens is 4. The summed E-state index contributed by atoms with van der Waals surface area (Å²) in [6.07, 6.45) is -1.91. The number of para-hydroxylation sites is 1. The monoisotopic (exact) mass is 441 g/mol. The molecule has 0 fully saturated rings. The zero-order valence-electron chi connectivity index (χ0n) is 16.4. The second-order valence-corrected chi connectivity index (χ2v) is 6.15. The summed E-state index contributed by atoms with van der Waals surface area (Å²) in [5.41, 5.74) is 1.57. The van der Waals surface area contributed by atoms with Gasteiger partial charge in [0.1, 0.15) is 24.2 Å². The molecule has 3 rings (SSSR count). The number of halogens is 3. The summed E-state index contributed by atoms with van der Waals surface area (Å²) in [5, 5.41) is 16.3. The summed E-state index contributed by atoms with van der Waals surface area (Å²) in [5.74, 6) is -2.68. The van der Waals surface area contributed by atoms with Crippen molar-refractivity contribution < 1.29 is 37.7 Å². The molecule has 13 heteroatoms. The second kappa shape index (κ2) is 9.73. The van der Waals surface area contributed by atoms with Gasteiger partial charge in [-0.3, -0.25) is 0 Å². The Kier molecular flexibility index (Phi) is 7.34. The van der Waals surface area contributed by atoms with Crippen LogP contribution < -0.4 is 9.64 Å². The van der Waals surface area contributed by atoms with E-state index >= 15 is 0 Å². The molecule has 0 unspecified atom stereocenters.